The number of aliphatic hydroxyl groups is 1. The highest BCUT2D eigenvalue weighted by Crippen LogP contribution is 2.17. The zero-order valence-corrected chi connectivity index (χ0v) is 12.8. The molecular formula is C17H26N2O2. The third kappa shape index (κ3) is 4.83. The van der Waals surface area contributed by atoms with Crippen molar-refractivity contribution in [2.24, 2.45) is 5.92 Å². The molecule has 0 radical (unpaired) electrons. The highest BCUT2D eigenvalue weighted by atomic mass is 16.3. The normalized spacial score (nSPS) is 20.3. The van der Waals surface area contributed by atoms with E-state index in [2.05, 4.69) is 12.2 Å². The summed E-state index contributed by atoms with van der Waals surface area (Å²) in [5, 5.41) is 12.5. The molecule has 0 aromatic heterocycles. The molecule has 116 valence electrons. The predicted molar refractivity (Wildman–Crippen MR) is 83.9 cm³/mol. The lowest BCUT2D eigenvalue weighted by Gasteiger charge is -2.31. The van der Waals surface area contributed by atoms with E-state index in [0.29, 0.717) is 18.9 Å². The van der Waals surface area contributed by atoms with Gasteiger partial charge in [0, 0.05) is 25.7 Å². The maximum absolute atomic E-state index is 12.3. The van der Waals surface area contributed by atoms with Gasteiger partial charge >= 0.3 is 0 Å². The fourth-order valence-corrected chi connectivity index (χ4v) is 2.94. The average molecular weight is 290 g/mol. The van der Waals surface area contributed by atoms with E-state index in [1.807, 2.05) is 35.2 Å². The maximum Gasteiger partial charge on any atom is 0.236 e. The lowest BCUT2D eigenvalue weighted by atomic mass is 10.0. The topological polar surface area (TPSA) is 52.6 Å². The first-order valence-electron chi connectivity index (χ1n) is 7.87. The first-order valence-corrected chi connectivity index (χ1v) is 7.87. The molecule has 21 heavy (non-hydrogen) atoms. The number of nitrogens with zero attached hydrogens (tertiary/aromatic N) is 1. The number of aliphatic hydroxyl groups excluding tert-OH is 1. The van der Waals surface area contributed by atoms with Gasteiger partial charge in [-0.05, 0) is 30.7 Å². The Morgan fingerprint density at radius 2 is 2.19 bits per heavy atom. The zero-order valence-electron chi connectivity index (χ0n) is 12.8. The molecule has 1 heterocycles. The summed E-state index contributed by atoms with van der Waals surface area (Å²) in [5.74, 6) is 0.769. The van der Waals surface area contributed by atoms with Crippen LogP contribution >= 0.6 is 0 Å². The number of hydrogen-bond donors (Lipinski definition) is 2. The fourth-order valence-electron chi connectivity index (χ4n) is 2.94. The van der Waals surface area contributed by atoms with E-state index in [0.717, 1.165) is 25.1 Å². The van der Waals surface area contributed by atoms with Gasteiger partial charge in [0.05, 0.1) is 6.54 Å². The van der Waals surface area contributed by atoms with Crippen molar-refractivity contribution in [3.8, 4) is 0 Å². The third-order valence-corrected chi connectivity index (χ3v) is 4.13. The predicted octanol–water partition coefficient (Wildman–Crippen LogP) is 1.96. The summed E-state index contributed by atoms with van der Waals surface area (Å²) in [6.07, 6.45) is 2.94. The number of nitrogens with one attached hydrogen (secondary N) is 1. The molecule has 4 nitrogen and oxygen atoms in total. The molecule has 2 N–H and O–H groups in total. The Morgan fingerprint density at radius 3 is 2.86 bits per heavy atom. The van der Waals surface area contributed by atoms with Crippen molar-refractivity contribution in [3.05, 3.63) is 35.9 Å². The Labute approximate surface area is 127 Å². The average Bonchev–Trinajstić information content (AvgIpc) is 2.52. The van der Waals surface area contributed by atoms with Crippen molar-refractivity contribution < 1.29 is 9.90 Å². The Kier molecular flexibility index (Phi) is 6.21. The Morgan fingerprint density at radius 1 is 1.43 bits per heavy atom. The molecule has 2 unspecified atom stereocenters. The smallest absolute Gasteiger partial charge is 0.236 e. The summed E-state index contributed by atoms with van der Waals surface area (Å²) in [6.45, 7) is 4.40. The molecule has 0 bridgehead atoms. The van der Waals surface area contributed by atoms with Crippen LogP contribution in [0.1, 0.15) is 37.8 Å². The number of carbonyl (C=O) groups is 1. The van der Waals surface area contributed by atoms with Crippen LogP contribution < -0.4 is 5.32 Å². The van der Waals surface area contributed by atoms with Gasteiger partial charge in [-0.25, -0.2) is 0 Å². The number of carbonyl (C=O) groups excluding carboxylic acids is 1. The SMILES string of the molecule is CC1CCCN(C(=O)CNC(CCO)c2ccccc2)C1. The minimum atomic E-state index is 0.0300. The summed E-state index contributed by atoms with van der Waals surface area (Å²) < 4.78 is 0. The first-order chi connectivity index (χ1) is 10.2. The molecule has 0 aliphatic carbocycles. The number of piperidine rings is 1. The quantitative estimate of drug-likeness (QED) is 0.842. The minimum absolute atomic E-state index is 0.0300. The summed E-state index contributed by atoms with van der Waals surface area (Å²) in [5.41, 5.74) is 1.12. The second-order valence-electron chi connectivity index (χ2n) is 5.94. The van der Waals surface area contributed by atoms with Crippen LogP contribution in [-0.2, 0) is 4.79 Å². The third-order valence-electron chi connectivity index (χ3n) is 4.13. The van der Waals surface area contributed by atoms with E-state index in [9.17, 15) is 9.90 Å². The van der Waals surface area contributed by atoms with Gasteiger partial charge in [0.2, 0.25) is 5.91 Å². The molecule has 1 aromatic carbocycles. The van der Waals surface area contributed by atoms with Gasteiger partial charge in [-0.3, -0.25) is 4.79 Å². The van der Waals surface area contributed by atoms with Gasteiger partial charge < -0.3 is 15.3 Å². The lowest BCUT2D eigenvalue weighted by Crippen LogP contribution is -2.44. The lowest BCUT2D eigenvalue weighted by molar-refractivity contribution is -0.132. The van der Waals surface area contributed by atoms with Crippen LogP contribution in [-0.4, -0.2) is 42.2 Å². The number of likely N-dealkylation sites (tertiary alicyclic amines) is 1. The number of rotatable bonds is 6. The Hall–Kier alpha value is -1.39. The Bertz CT molecular complexity index is 436. The standard InChI is InChI=1S/C17H26N2O2/c1-14-6-5-10-19(13-14)17(21)12-18-16(9-11-20)15-7-3-2-4-8-15/h2-4,7-8,14,16,18,20H,5-6,9-13H2,1H3. The second-order valence-corrected chi connectivity index (χ2v) is 5.94. The number of hydrogen-bond acceptors (Lipinski definition) is 3. The van der Waals surface area contributed by atoms with Gasteiger partial charge in [0.25, 0.3) is 0 Å². The monoisotopic (exact) mass is 290 g/mol. The molecule has 1 amide bonds. The van der Waals surface area contributed by atoms with Gasteiger partial charge in [-0.1, -0.05) is 37.3 Å². The summed E-state index contributed by atoms with van der Waals surface area (Å²) in [6, 6.07) is 10.0. The van der Waals surface area contributed by atoms with E-state index in [1.54, 1.807) is 0 Å². The molecule has 2 rings (SSSR count). The highest BCUT2D eigenvalue weighted by Gasteiger charge is 2.21. The summed E-state index contributed by atoms with van der Waals surface area (Å²) in [7, 11) is 0. The maximum atomic E-state index is 12.3. The molecule has 1 fully saturated rings. The van der Waals surface area contributed by atoms with E-state index in [-0.39, 0.29) is 18.6 Å². The van der Waals surface area contributed by atoms with Crippen LogP contribution in [0.3, 0.4) is 0 Å². The van der Waals surface area contributed by atoms with Gasteiger partial charge in [0.15, 0.2) is 0 Å². The van der Waals surface area contributed by atoms with Crippen LogP contribution in [0.5, 0.6) is 0 Å². The molecule has 0 saturated carbocycles. The van der Waals surface area contributed by atoms with Crippen molar-refractivity contribution >= 4 is 5.91 Å². The van der Waals surface area contributed by atoms with Gasteiger partial charge in [0.1, 0.15) is 0 Å². The fraction of sp³-hybridized carbons (Fsp3) is 0.588. The first kappa shape index (κ1) is 16.0. The highest BCUT2D eigenvalue weighted by molar-refractivity contribution is 5.78. The van der Waals surface area contributed by atoms with Crippen molar-refractivity contribution in [3.63, 3.8) is 0 Å². The molecule has 4 heteroatoms. The molecule has 1 saturated heterocycles. The molecular weight excluding hydrogens is 264 g/mol. The van der Waals surface area contributed by atoms with Crippen molar-refractivity contribution in [1.29, 1.82) is 0 Å². The van der Waals surface area contributed by atoms with E-state index in [1.165, 1.54) is 6.42 Å². The molecule has 0 spiro atoms. The van der Waals surface area contributed by atoms with Gasteiger partial charge in [-0.15, -0.1) is 0 Å². The number of amides is 1. The molecule has 2 atom stereocenters. The second kappa shape index (κ2) is 8.15. The molecule has 1 aliphatic rings. The van der Waals surface area contributed by atoms with Crippen LogP contribution in [0.25, 0.3) is 0 Å². The molecule has 1 aliphatic heterocycles. The number of benzene rings is 1. The van der Waals surface area contributed by atoms with Crippen LogP contribution in [0.2, 0.25) is 0 Å². The molecule has 1 aromatic rings. The van der Waals surface area contributed by atoms with E-state index < -0.39 is 0 Å². The van der Waals surface area contributed by atoms with Gasteiger partial charge in [-0.2, -0.15) is 0 Å². The van der Waals surface area contributed by atoms with Crippen LogP contribution in [0.4, 0.5) is 0 Å². The zero-order chi connectivity index (χ0) is 15.1. The van der Waals surface area contributed by atoms with E-state index >= 15 is 0 Å². The minimum Gasteiger partial charge on any atom is -0.396 e. The van der Waals surface area contributed by atoms with Crippen LogP contribution in [0.15, 0.2) is 30.3 Å². The van der Waals surface area contributed by atoms with Crippen molar-refractivity contribution in [1.82, 2.24) is 10.2 Å². The van der Waals surface area contributed by atoms with E-state index in [4.69, 9.17) is 0 Å². The van der Waals surface area contributed by atoms with Crippen molar-refractivity contribution in [2.45, 2.75) is 32.2 Å². The Balaban J connectivity index is 1.88. The largest absolute Gasteiger partial charge is 0.396 e. The van der Waals surface area contributed by atoms with Crippen molar-refractivity contribution in [2.75, 3.05) is 26.2 Å². The summed E-state index contributed by atoms with van der Waals surface area (Å²) in [4.78, 5) is 14.2. The van der Waals surface area contributed by atoms with Crippen LogP contribution in [0, 0.1) is 5.92 Å². The summed E-state index contributed by atoms with van der Waals surface area (Å²) >= 11 is 0.